The van der Waals surface area contributed by atoms with Crippen molar-refractivity contribution in [3.63, 3.8) is 0 Å². The number of nitrogens with one attached hydrogen (secondary N) is 1. The number of fused-ring (bicyclic) bond motifs is 1. The molecule has 1 aromatic carbocycles. The van der Waals surface area contributed by atoms with Gasteiger partial charge in [-0.15, -0.1) is 0 Å². The summed E-state index contributed by atoms with van der Waals surface area (Å²) in [7, 11) is 1.35. The van der Waals surface area contributed by atoms with Gasteiger partial charge in [-0.25, -0.2) is 9.38 Å². The maximum absolute atomic E-state index is 14.8. The SMILES string of the molecule is CO/N=C1\N=CNC2C1C(F)CN2[C@@H]1OC([C@H](O)c2ccc(Cl)cc2)[C@@H](O)[C@H]1O. The van der Waals surface area contributed by atoms with Crippen molar-refractivity contribution in [2.45, 2.75) is 43.0 Å². The van der Waals surface area contributed by atoms with E-state index in [4.69, 9.17) is 21.2 Å². The van der Waals surface area contributed by atoms with Crippen molar-refractivity contribution in [3.8, 4) is 0 Å². The first-order valence-electron chi connectivity index (χ1n) is 9.17. The molecule has 9 nitrogen and oxygen atoms in total. The van der Waals surface area contributed by atoms with Crippen molar-refractivity contribution >= 4 is 23.8 Å². The Balaban J connectivity index is 1.54. The van der Waals surface area contributed by atoms with E-state index in [1.54, 1.807) is 29.2 Å². The zero-order valence-corrected chi connectivity index (χ0v) is 16.2. The molecule has 4 rings (SSSR count). The minimum atomic E-state index is -1.37. The predicted molar refractivity (Wildman–Crippen MR) is 102 cm³/mol. The van der Waals surface area contributed by atoms with Crippen molar-refractivity contribution < 1.29 is 29.3 Å². The Hall–Kier alpha value is -1.82. The van der Waals surface area contributed by atoms with Crippen molar-refractivity contribution in [2.24, 2.45) is 16.1 Å². The molecule has 3 heterocycles. The Morgan fingerprint density at radius 1 is 1.34 bits per heavy atom. The van der Waals surface area contributed by atoms with Gasteiger partial charge in [-0.2, -0.15) is 0 Å². The molecule has 0 spiro atoms. The molecule has 0 bridgehead atoms. The van der Waals surface area contributed by atoms with E-state index in [9.17, 15) is 19.7 Å². The molecule has 3 aliphatic heterocycles. The third-order valence-corrected chi connectivity index (χ3v) is 5.77. The number of halogens is 2. The van der Waals surface area contributed by atoms with Gasteiger partial charge in [-0.05, 0) is 17.7 Å². The summed E-state index contributed by atoms with van der Waals surface area (Å²) in [6.07, 6.45) is -6.62. The first kappa shape index (κ1) is 20.5. The van der Waals surface area contributed by atoms with E-state index in [-0.39, 0.29) is 12.4 Å². The topological polar surface area (TPSA) is 119 Å². The molecule has 8 atom stereocenters. The normalized spacial score (nSPS) is 39.4. The average molecular weight is 429 g/mol. The highest BCUT2D eigenvalue weighted by Crippen LogP contribution is 2.38. The van der Waals surface area contributed by atoms with Crippen molar-refractivity contribution in [1.29, 1.82) is 0 Å². The molecule has 4 N–H and O–H groups in total. The van der Waals surface area contributed by atoms with Gasteiger partial charge in [0.05, 0.1) is 18.4 Å². The van der Waals surface area contributed by atoms with Crippen LogP contribution in [0.2, 0.25) is 5.02 Å². The second kappa shape index (κ2) is 8.13. The van der Waals surface area contributed by atoms with Gasteiger partial charge in [0, 0.05) is 11.6 Å². The fraction of sp³-hybridized carbons (Fsp3) is 0.556. The second-order valence-corrected chi connectivity index (χ2v) is 7.65. The number of oxime groups is 1. The highest BCUT2D eigenvalue weighted by molar-refractivity contribution is 6.30. The van der Waals surface area contributed by atoms with Crippen LogP contribution in [0.15, 0.2) is 34.4 Å². The molecule has 0 radical (unpaired) electrons. The number of benzene rings is 1. The second-order valence-electron chi connectivity index (χ2n) is 7.21. The molecule has 0 aliphatic carbocycles. The molecular weight excluding hydrogens is 407 g/mol. The number of nitrogens with zero attached hydrogens (tertiary/aromatic N) is 3. The molecule has 0 aromatic heterocycles. The Bertz CT molecular complexity index is 797. The van der Waals surface area contributed by atoms with Crippen LogP contribution in [-0.2, 0) is 9.57 Å². The van der Waals surface area contributed by atoms with Crippen LogP contribution >= 0.6 is 11.6 Å². The summed E-state index contributed by atoms with van der Waals surface area (Å²) < 4.78 is 20.6. The summed E-state index contributed by atoms with van der Waals surface area (Å²) in [5.41, 5.74) is 0.478. The van der Waals surface area contributed by atoms with Crippen LogP contribution < -0.4 is 5.32 Å². The maximum atomic E-state index is 14.8. The van der Waals surface area contributed by atoms with Gasteiger partial charge in [-0.1, -0.05) is 28.9 Å². The van der Waals surface area contributed by atoms with Gasteiger partial charge >= 0.3 is 0 Å². The van der Waals surface area contributed by atoms with Crippen LogP contribution in [-0.4, -0.2) is 82.9 Å². The van der Waals surface area contributed by atoms with Crippen molar-refractivity contribution in [2.75, 3.05) is 13.7 Å². The number of alkyl halides is 1. The smallest absolute Gasteiger partial charge is 0.178 e. The fourth-order valence-electron chi connectivity index (χ4n) is 4.11. The van der Waals surface area contributed by atoms with Gasteiger partial charge in [0.2, 0.25) is 0 Å². The van der Waals surface area contributed by atoms with E-state index in [1.807, 2.05) is 0 Å². The zero-order chi connectivity index (χ0) is 20.7. The van der Waals surface area contributed by atoms with E-state index in [1.165, 1.54) is 13.4 Å². The number of likely N-dealkylation sites (tertiary alicyclic amines) is 1. The highest BCUT2D eigenvalue weighted by Gasteiger charge is 2.56. The van der Waals surface area contributed by atoms with E-state index in [2.05, 4.69) is 15.5 Å². The number of ether oxygens (including phenoxy) is 1. The molecule has 0 saturated carbocycles. The van der Waals surface area contributed by atoms with Crippen LogP contribution in [0.3, 0.4) is 0 Å². The molecule has 0 amide bonds. The lowest BCUT2D eigenvalue weighted by atomic mass is 9.99. The Kier molecular flexibility index (Phi) is 5.74. The summed E-state index contributed by atoms with van der Waals surface area (Å²) >= 11 is 5.87. The summed E-state index contributed by atoms with van der Waals surface area (Å²) in [6, 6.07) is 6.43. The highest BCUT2D eigenvalue weighted by atomic mass is 35.5. The molecule has 158 valence electrons. The van der Waals surface area contributed by atoms with Gasteiger partial charge < -0.3 is 30.2 Å². The number of rotatable bonds is 4. The van der Waals surface area contributed by atoms with Gasteiger partial charge in [0.1, 0.15) is 43.9 Å². The van der Waals surface area contributed by atoms with Crippen LogP contribution in [0.5, 0.6) is 0 Å². The summed E-state index contributed by atoms with van der Waals surface area (Å²) in [5, 5.41) is 39.0. The van der Waals surface area contributed by atoms with Gasteiger partial charge in [0.15, 0.2) is 5.84 Å². The summed E-state index contributed by atoms with van der Waals surface area (Å²) in [4.78, 5) is 10.3. The van der Waals surface area contributed by atoms with Gasteiger partial charge in [-0.3, -0.25) is 4.90 Å². The Morgan fingerprint density at radius 2 is 2.07 bits per heavy atom. The molecule has 3 aliphatic rings. The standard InChI is InChI=1S/C18H22ClFN4O5/c1-28-23-16-11-10(20)6-24(17(11)22-7-21-16)18-14(27)13(26)15(29-18)12(25)8-2-4-9(19)5-3-8/h2-5,7,10-15,17-18,25-27H,6H2,1H3,(H,21,22,23)/t10?,11?,12-,13+,14-,15?,17?,18-/m1/s1. The number of amidine groups is 1. The van der Waals surface area contributed by atoms with E-state index in [0.29, 0.717) is 10.6 Å². The molecule has 2 saturated heterocycles. The Labute approximate surface area is 171 Å². The Morgan fingerprint density at radius 3 is 2.76 bits per heavy atom. The number of aliphatic imine (C=N–C) groups is 1. The van der Waals surface area contributed by atoms with Gasteiger partial charge in [0.25, 0.3) is 0 Å². The summed E-state index contributed by atoms with van der Waals surface area (Å²) in [5.74, 6) is -0.537. The maximum Gasteiger partial charge on any atom is 0.178 e. The average Bonchev–Trinajstić information content (AvgIpc) is 3.20. The van der Waals surface area contributed by atoms with E-state index < -0.39 is 48.9 Å². The van der Waals surface area contributed by atoms with E-state index >= 15 is 0 Å². The van der Waals surface area contributed by atoms with Crippen molar-refractivity contribution in [3.05, 3.63) is 34.9 Å². The van der Waals surface area contributed by atoms with Crippen LogP contribution in [0.25, 0.3) is 0 Å². The minimum Gasteiger partial charge on any atom is -0.398 e. The van der Waals surface area contributed by atoms with Crippen LogP contribution in [0.4, 0.5) is 4.39 Å². The largest absolute Gasteiger partial charge is 0.398 e. The summed E-state index contributed by atoms with van der Waals surface area (Å²) in [6.45, 7) is -0.0768. The fourth-order valence-corrected chi connectivity index (χ4v) is 4.24. The van der Waals surface area contributed by atoms with Crippen molar-refractivity contribution in [1.82, 2.24) is 10.2 Å². The monoisotopic (exact) mass is 428 g/mol. The van der Waals surface area contributed by atoms with Crippen LogP contribution in [0, 0.1) is 5.92 Å². The molecular formula is C18H22ClFN4O5. The number of aliphatic hydroxyl groups excluding tert-OH is 3. The molecule has 1 aromatic rings. The first-order chi connectivity index (χ1) is 13.9. The van der Waals surface area contributed by atoms with Crippen LogP contribution in [0.1, 0.15) is 11.7 Å². The number of aliphatic hydroxyl groups is 3. The zero-order valence-electron chi connectivity index (χ0n) is 15.5. The lowest BCUT2D eigenvalue weighted by Gasteiger charge is -2.34. The predicted octanol–water partition coefficient (Wildman–Crippen LogP) is 0.00750. The lowest BCUT2D eigenvalue weighted by molar-refractivity contribution is -0.123. The molecule has 29 heavy (non-hydrogen) atoms. The molecule has 2 fully saturated rings. The quantitative estimate of drug-likeness (QED) is 0.499. The number of hydrogen-bond acceptors (Lipinski definition) is 8. The third kappa shape index (κ3) is 3.60. The molecule has 11 heteroatoms. The first-order valence-corrected chi connectivity index (χ1v) is 9.54. The number of hydrogen-bond donors (Lipinski definition) is 4. The van der Waals surface area contributed by atoms with E-state index in [0.717, 1.165) is 0 Å². The third-order valence-electron chi connectivity index (χ3n) is 5.52. The lowest BCUT2D eigenvalue weighted by Crippen LogP contribution is -2.55. The molecule has 4 unspecified atom stereocenters. The minimum absolute atomic E-state index is 0.0768.